The van der Waals surface area contributed by atoms with Crippen molar-refractivity contribution in [2.45, 2.75) is 6.54 Å². The average molecular weight is 287 g/mol. The van der Waals surface area contributed by atoms with Crippen molar-refractivity contribution in [3.63, 3.8) is 0 Å². The molecule has 0 radical (unpaired) electrons. The fourth-order valence-corrected chi connectivity index (χ4v) is 2.47. The summed E-state index contributed by atoms with van der Waals surface area (Å²) >= 11 is 0. The molecule has 0 aliphatic carbocycles. The highest BCUT2D eigenvalue weighted by atomic mass is 16.1. The number of nitrogens with zero attached hydrogens (tertiary/aromatic N) is 3. The molecule has 0 aliphatic rings. The second kappa shape index (κ2) is 6.06. The van der Waals surface area contributed by atoms with Crippen molar-refractivity contribution in [1.82, 2.24) is 9.55 Å². The first-order valence-corrected chi connectivity index (χ1v) is 6.85. The van der Waals surface area contributed by atoms with Crippen molar-refractivity contribution in [1.29, 1.82) is 5.26 Å². The normalized spacial score (nSPS) is 10.1. The zero-order chi connectivity index (χ0) is 15.4. The van der Waals surface area contributed by atoms with Crippen molar-refractivity contribution >= 4 is 6.29 Å². The average Bonchev–Trinajstić information content (AvgIpc) is 3.08. The van der Waals surface area contributed by atoms with Crippen LogP contribution in [-0.4, -0.2) is 15.8 Å². The Morgan fingerprint density at radius 2 is 2.05 bits per heavy atom. The van der Waals surface area contributed by atoms with Crippen molar-refractivity contribution in [3.05, 3.63) is 77.9 Å². The van der Waals surface area contributed by atoms with Crippen molar-refractivity contribution in [2.75, 3.05) is 0 Å². The van der Waals surface area contributed by atoms with E-state index in [0.717, 1.165) is 23.0 Å². The number of hydrogen-bond donors (Lipinski definition) is 0. The summed E-state index contributed by atoms with van der Waals surface area (Å²) in [5.74, 6) is 0. The summed E-state index contributed by atoms with van der Waals surface area (Å²) in [5, 5.41) is 9.59. The van der Waals surface area contributed by atoms with E-state index in [1.807, 2.05) is 41.1 Å². The molecule has 0 saturated carbocycles. The van der Waals surface area contributed by atoms with Crippen LogP contribution in [0, 0.1) is 11.3 Å². The number of hydrogen-bond acceptors (Lipinski definition) is 3. The van der Waals surface area contributed by atoms with Gasteiger partial charge in [0.2, 0.25) is 0 Å². The summed E-state index contributed by atoms with van der Waals surface area (Å²) in [6.45, 7) is 0.504. The van der Waals surface area contributed by atoms with Crippen LogP contribution in [0.2, 0.25) is 0 Å². The van der Waals surface area contributed by atoms with Gasteiger partial charge in [-0.25, -0.2) is 4.98 Å². The first kappa shape index (κ1) is 13.8. The van der Waals surface area contributed by atoms with Gasteiger partial charge >= 0.3 is 0 Å². The SMILES string of the molecule is N#Cc1c(Cn2ccnc2)cc(C=O)cc1-c1ccccc1. The molecule has 0 bridgehead atoms. The minimum Gasteiger partial charge on any atom is -0.333 e. The maximum atomic E-state index is 11.2. The summed E-state index contributed by atoms with van der Waals surface area (Å²) in [6, 6.07) is 15.4. The van der Waals surface area contributed by atoms with Crippen LogP contribution in [0.3, 0.4) is 0 Å². The van der Waals surface area contributed by atoms with Gasteiger partial charge in [-0.3, -0.25) is 4.79 Å². The maximum Gasteiger partial charge on any atom is 0.150 e. The number of imidazole rings is 1. The van der Waals surface area contributed by atoms with Crippen LogP contribution in [0.4, 0.5) is 0 Å². The Labute approximate surface area is 128 Å². The Hall–Kier alpha value is -3.19. The van der Waals surface area contributed by atoms with Gasteiger partial charge in [0.15, 0.2) is 0 Å². The van der Waals surface area contributed by atoms with Crippen LogP contribution in [0.5, 0.6) is 0 Å². The van der Waals surface area contributed by atoms with Gasteiger partial charge < -0.3 is 4.57 Å². The first-order valence-electron chi connectivity index (χ1n) is 6.85. The minimum absolute atomic E-state index is 0.504. The van der Waals surface area contributed by atoms with Crippen LogP contribution in [0.1, 0.15) is 21.5 Å². The minimum atomic E-state index is 0.504. The van der Waals surface area contributed by atoms with E-state index in [4.69, 9.17) is 0 Å². The highest BCUT2D eigenvalue weighted by Crippen LogP contribution is 2.27. The Morgan fingerprint density at radius 3 is 2.68 bits per heavy atom. The maximum absolute atomic E-state index is 11.2. The number of carbonyl (C=O) groups is 1. The molecule has 0 N–H and O–H groups in total. The number of rotatable bonds is 4. The molecule has 3 aromatic rings. The van der Waals surface area contributed by atoms with Crippen LogP contribution in [-0.2, 0) is 6.54 Å². The number of carbonyl (C=O) groups excluding carboxylic acids is 1. The second-order valence-electron chi connectivity index (χ2n) is 4.93. The molecular formula is C18H13N3O. The lowest BCUT2D eigenvalue weighted by Gasteiger charge is -2.12. The zero-order valence-corrected chi connectivity index (χ0v) is 11.8. The first-order chi connectivity index (χ1) is 10.8. The van der Waals surface area contributed by atoms with E-state index in [0.29, 0.717) is 17.7 Å². The van der Waals surface area contributed by atoms with E-state index in [1.165, 1.54) is 0 Å². The lowest BCUT2D eigenvalue weighted by Crippen LogP contribution is -2.02. The quantitative estimate of drug-likeness (QED) is 0.692. The Morgan fingerprint density at radius 1 is 1.23 bits per heavy atom. The summed E-state index contributed by atoms with van der Waals surface area (Å²) < 4.78 is 1.87. The smallest absolute Gasteiger partial charge is 0.150 e. The van der Waals surface area contributed by atoms with E-state index in [2.05, 4.69) is 11.1 Å². The summed E-state index contributed by atoms with van der Waals surface area (Å²) in [4.78, 5) is 15.2. The van der Waals surface area contributed by atoms with Gasteiger partial charge in [-0.15, -0.1) is 0 Å². The van der Waals surface area contributed by atoms with Gasteiger partial charge in [0.05, 0.1) is 11.9 Å². The predicted octanol–water partition coefficient (Wildman–Crippen LogP) is 3.28. The van der Waals surface area contributed by atoms with Gasteiger partial charge in [-0.05, 0) is 23.3 Å². The Kier molecular flexibility index (Phi) is 3.80. The molecule has 1 heterocycles. The highest BCUT2D eigenvalue weighted by Gasteiger charge is 2.12. The standard InChI is InChI=1S/C18H13N3O/c19-10-18-16(11-21-7-6-20-13-21)8-14(12-22)9-17(18)15-4-2-1-3-5-15/h1-9,12-13H,11H2. The third-order valence-corrected chi connectivity index (χ3v) is 3.49. The fraction of sp³-hybridized carbons (Fsp3) is 0.0556. The number of benzene rings is 2. The third-order valence-electron chi connectivity index (χ3n) is 3.49. The predicted molar refractivity (Wildman–Crippen MR) is 83.3 cm³/mol. The summed E-state index contributed by atoms with van der Waals surface area (Å²) in [6.07, 6.45) is 6.02. The summed E-state index contributed by atoms with van der Waals surface area (Å²) in [5.41, 5.74) is 3.67. The van der Waals surface area contributed by atoms with E-state index in [-0.39, 0.29) is 0 Å². The van der Waals surface area contributed by atoms with Crippen molar-refractivity contribution in [3.8, 4) is 17.2 Å². The third kappa shape index (κ3) is 2.65. The topological polar surface area (TPSA) is 58.7 Å². The molecule has 4 nitrogen and oxygen atoms in total. The zero-order valence-electron chi connectivity index (χ0n) is 11.8. The summed E-state index contributed by atoms with van der Waals surface area (Å²) in [7, 11) is 0. The molecule has 0 aliphatic heterocycles. The lowest BCUT2D eigenvalue weighted by atomic mass is 9.93. The Bertz CT molecular complexity index is 831. The van der Waals surface area contributed by atoms with E-state index in [9.17, 15) is 10.1 Å². The van der Waals surface area contributed by atoms with E-state index >= 15 is 0 Å². The monoisotopic (exact) mass is 287 g/mol. The molecule has 0 fully saturated rings. The number of nitriles is 1. The fourth-order valence-electron chi connectivity index (χ4n) is 2.47. The number of aldehydes is 1. The molecule has 0 unspecified atom stereocenters. The van der Waals surface area contributed by atoms with Gasteiger partial charge in [0.1, 0.15) is 12.4 Å². The van der Waals surface area contributed by atoms with Crippen LogP contribution >= 0.6 is 0 Å². The van der Waals surface area contributed by atoms with Crippen LogP contribution in [0.25, 0.3) is 11.1 Å². The van der Waals surface area contributed by atoms with Gasteiger partial charge in [-0.1, -0.05) is 30.3 Å². The van der Waals surface area contributed by atoms with Gasteiger partial charge in [-0.2, -0.15) is 5.26 Å². The molecule has 0 amide bonds. The molecular weight excluding hydrogens is 274 g/mol. The molecule has 22 heavy (non-hydrogen) atoms. The highest BCUT2D eigenvalue weighted by molar-refractivity contribution is 5.82. The van der Waals surface area contributed by atoms with E-state index < -0.39 is 0 Å². The van der Waals surface area contributed by atoms with Gasteiger partial charge in [0, 0.05) is 30.1 Å². The molecule has 4 heteroatoms. The Balaban J connectivity index is 2.17. The molecule has 1 aromatic heterocycles. The van der Waals surface area contributed by atoms with Crippen LogP contribution < -0.4 is 0 Å². The molecule has 0 spiro atoms. The largest absolute Gasteiger partial charge is 0.333 e. The molecule has 0 saturated heterocycles. The van der Waals surface area contributed by atoms with Crippen molar-refractivity contribution < 1.29 is 4.79 Å². The van der Waals surface area contributed by atoms with Crippen LogP contribution in [0.15, 0.2) is 61.2 Å². The van der Waals surface area contributed by atoms with Crippen molar-refractivity contribution in [2.24, 2.45) is 0 Å². The van der Waals surface area contributed by atoms with E-state index in [1.54, 1.807) is 24.7 Å². The molecule has 106 valence electrons. The molecule has 3 rings (SSSR count). The number of aromatic nitrogens is 2. The van der Waals surface area contributed by atoms with Gasteiger partial charge in [0.25, 0.3) is 0 Å². The lowest BCUT2D eigenvalue weighted by molar-refractivity contribution is 0.112. The second-order valence-corrected chi connectivity index (χ2v) is 4.93. The molecule has 0 atom stereocenters. The molecule has 2 aromatic carbocycles.